The minimum atomic E-state index is -0.430. The van der Waals surface area contributed by atoms with E-state index in [2.05, 4.69) is 37.9 Å². The predicted octanol–water partition coefficient (Wildman–Crippen LogP) is 4.82. The van der Waals surface area contributed by atoms with Gasteiger partial charge in [0.15, 0.2) is 5.72 Å². The Balaban J connectivity index is 2.47. The van der Waals surface area contributed by atoms with Crippen molar-refractivity contribution in [2.45, 2.75) is 78.5 Å². The van der Waals surface area contributed by atoms with Crippen LogP contribution in [0.3, 0.4) is 0 Å². The summed E-state index contributed by atoms with van der Waals surface area (Å²) in [5.74, 6) is 0.837. The number of azo groups is 1. The van der Waals surface area contributed by atoms with Gasteiger partial charge in [-0.15, -0.1) is 0 Å². The van der Waals surface area contributed by atoms with Gasteiger partial charge >= 0.3 is 0 Å². The molecule has 0 amide bonds. The highest BCUT2D eigenvalue weighted by Crippen LogP contribution is 2.38. The van der Waals surface area contributed by atoms with Gasteiger partial charge in [0.1, 0.15) is 0 Å². The molecule has 0 aromatic rings. The quantitative estimate of drug-likeness (QED) is 0.662. The highest BCUT2D eigenvalue weighted by Gasteiger charge is 2.30. The Bertz CT molecular complexity index is 269. The summed E-state index contributed by atoms with van der Waals surface area (Å²) in [6.07, 6.45) is 5.78. The summed E-state index contributed by atoms with van der Waals surface area (Å²) in [6, 6.07) is 0.407. The highest BCUT2D eigenvalue weighted by molar-refractivity contribution is 4.83. The fraction of sp³-hybridized carbons (Fsp3) is 1.00. The number of hydrogen-bond acceptors (Lipinski definition) is 3. The molecule has 0 radical (unpaired) electrons. The zero-order chi connectivity index (χ0) is 13.8. The Morgan fingerprint density at radius 3 is 2.00 bits per heavy atom. The molecule has 0 bridgehead atoms. The lowest BCUT2D eigenvalue weighted by Crippen LogP contribution is -2.28. The van der Waals surface area contributed by atoms with Crippen molar-refractivity contribution in [3.05, 3.63) is 0 Å². The molecule has 1 rings (SSSR count). The molecular formula is C15H30N2O. The van der Waals surface area contributed by atoms with Crippen LogP contribution in [0.1, 0.15) is 66.7 Å². The van der Waals surface area contributed by atoms with Crippen molar-refractivity contribution in [1.29, 1.82) is 0 Å². The molecule has 18 heavy (non-hydrogen) atoms. The molecule has 0 aromatic heterocycles. The maximum absolute atomic E-state index is 5.39. The van der Waals surface area contributed by atoms with Gasteiger partial charge in [-0.1, -0.05) is 27.7 Å². The number of ether oxygens (including phenoxy) is 1. The number of nitrogens with zero attached hydrogens (tertiary/aromatic N) is 2. The average molecular weight is 254 g/mol. The third-order valence-corrected chi connectivity index (χ3v) is 4.45. The van der Waals surface area contributed by atoms with E-state index in [0.29, 0.717) is 11.5 Å². The van der Waals surface area contributed by atoms with Crippen molar-refractivity contribution in [3.8, 4) is 0 Å². The molecular weight excluding hydrogens is 224 g/mol. The lowest BCUT2D eigenvalue weighted by atomic mass is 9.71. The smallest absolute Gasteiger partial charge is 0.175 e. The standard InChI is InChI=1S/C15H30N2O/c1-7-15(5,18-6)17-16-13-10-8-12(9-11-13)14(2,3)4/h12-13H,7-11H2,1-6H3/b17-16+. The van der Waals surface area contributed by atoms with Crippen molar-refractivity contribution in [3.63, 3.8) is 0 Å². The van der Waals surface area contributed by atoms with Crippen LogP contribution >= 0.6 is 0 Å². The first-order chi connectivity index (χ1) is 8.30. The number of hydrogen-bond donors (Lipinski definition) is 0. The van der Waals surface area contributed by atoms with Gasteiger partial charge in [-0.05, 0) is 50.4 Å². The maximum Gasteiger partial charge on any atom is 0.175 e. The predicted molar refractivity (Wildman–Crippen MR) is 75.8 cm³/mol. The summed E-state index contributed by atoms with van der Waals surface area (Å²) in [4.78, 5) is 0. The first-order valence-corrected chi connectivity index (χ1v) is 7.28. The van der Waals surface area contributed by atoms with Crippen LogP contribution in [0.5, 0.6) is 0 Å². The monoisotopic (exact) mass is 254 g/mol. The summed E-state index contributed by atoms with van der Waals surface area (Å²) in [5.41, 5.74) is 0.00739. The fourth-order valence-electron chi connectivity index (χ4n) is 2.52. The van der Waals surface area contributed by atoms with Crippen molar-refractivity contribution < 1.29 is 4.74 Å². The summed E-state index contributed by atoms with van der Waals surface area (Å²) in [6.45, 7) is 11.1. The van der Waals surface area contributed by atoms with Crippen LogP contribution in [0.2, 0.25) is 0 Å². The van der Waals surface area contributed by atoms with Crippen molar-refractivity contribution >= 4 is 0 Å². The third-order valence-electron chi connectivity index (χ3n) is 4.45. The van der Waals surface area contributed by atoms with Crippen LogP contribution in [-0.2, 0) is 4.74 Å². The third kappa shape index (κ3) is 4.34. The van der Waals surface area contributed by atoms with Gasteiger partial charge < -0.3 is 4.74 Å². The van der Waals surface area contributed by atoms with E-state index >= 15 is 0 Å². The summed E-state index contributed by atoms with van der Waals surface area (Å²) in [7, 11) is 1.71. The van der Waals surface area contributed by atoms with Gasteiger partial charge in [0.2, 0.25) is 0 Å². The van der Waals surface area contributed by atoms with E-state index in [1.165, 1.54) is 25.7 Å². The Hall–Kier alpha value is -0.440. The Kier molecular flexibility index (Phi) is 5.32. The highest BCUT2D eigenvalue weighted by atomic mass is 16.5. The van der Waals surface area contributed by atoms with Gasteiger partial charge in [-0.3, -0.25) is 0 Å². The Morgan fingerprint density at radius 1 is 1.06 bits per heavy atom. The van der Waals surface area contributed by atoms with Crippen LogP contribution in [0.25, 0.3) is 0 Å². The van der Waals surface area contributed by atoms with Gasteiger partial charge in [0, 0.05) is 7.11 Å². The SMILES string of the molecule is CCC(C)(/N=N/C1CCC(C(C)(C)C)CC1)OC. The van der Waals surface area contributed by atoms with E-state index in [4.69, 9.17) is 4.74 Å². The first kappa shape index (κ1) is 15.6. The summed E-state index contributed by atoms with van der Waals surface area (Å²) in [5, 5.41) is 8.92. The van der Waals surface area contributed by atoms with E-state index in [1.54, 1.807) is 7.11 Å². The van der Waals surface area contributed by atoms with Gasteiger partial charge in [-0.2, -0.15) is 10.2 Å². The van der Waals surface area contributed by atoms with Crippen molar-refractivity contribution in [2.75, 3.05) is 7.11 Å². The molecule has 0 heterocycles. The molecule has 1 unspecified atom stereocenters. The molecule has 1 saturated carbocycles. The van der Waals surface area contributed by atoms with Crippen LogP contribution in [0, 0.1) is 11.3 Å². The molecule has 0 spiro atoms. The molecule has 0 aromatic carbocycles. The van der Waals surface area contributed by atoms with Crippen molar-refractivity contribution in [1.82, 2.24) is 0 Å². The number of methoxy groups -OCH3 is 1. The van der Waals surface area contributed by atoms with E-state index in [9.17, 15) is 0 Å². The zero-order valence-electron chi connectivity index (χ0n) is 13.0. The van der Waals surface area contributed by atoms with E-state index in [0.717, 1.165) is 12.3 Å². The van der Waals surface area contributed by atoms with Gasteiger partial charge in [0.25, 0.3) is 0 Å². The Morgan fingerprint density at radius 2 is 1.61 bits per heavy atom. The van der Waals surface area contributed by atoms with Gasteiger partial charge in [-0.25, -0.2) is 0 Å². The minimum Gasteiger partial charge on any atom is -0.356 e. The summed E-state index contributed by atoms with van der Waals surface area (Å²) < 4.78 is 5.39. The first-order valence-electron chi connectivity index (χ1n) is 7.28. The molecule has 0 aliphatic heterocycles. The average Bonchev–Trinajstić information content (AvgIpc) is 2.35. The van der Waals surface area contributed by atoms with Crippen LogP contribution in [-0.4, -0.2) is 18.9 Å². The molecule has 1 aliphatic carbocycles. The normalized spacial score (nSPS) is 29.4. The maximum atomic E-state index is 5.39. The van der Waals surface area contributed by atoms with E-state index in [-0.39, 0.29) is 0 Å². The second kappa shape index (κ2) is 6.14. The van der Waals surface area contributed by atoms with Crippen LogP contribution in [0.15, 0.2) is 10.2 Å². The van der Waals surface area contributed by atoms with Crippen LogP contribution < -0.4 is 0 Å². The molecule has 1 fully saturated rings. The second-order valence-corrected chi connectivity index (χ2v) is 6.82. The van der Waals surface area contributed by atoms with E-state index in [1.807, 2.05) is 6.92 Å². The second-order valence-electron chi connectivity index (χ2n) is 6.82. The Labute approximate surface area is 112 Å². The molecule has 3 nitrogen and oxygen atoms in total. The zero-order valence-corrected chi connectivity index (χ0v) is 13.0. The molecule has 0 N–H and O–H groups in total. The number of rotatable bonds is 4. The lowest BCUT2D eigenvalue weighted by molar-refractivity contribution is 0.00240. The lowest BCUT2D eigenvalue weighted by Gasteiger charge is -2.35. The minimum absolute atomic E-state index is 0.407. The molecule has 106 valence electrons. The topological polar surface area (TPSA) is 34.0 Å². The molecule has 3 heteroatoms. The molecule has 1 aliphatic rings. The van der Waals surface area contributed by atoms with Crippen molar-refractivity contribution in [2.24, 2.45) is 21.6 Å². The van der Waals surface area contributed by atoms with Gasteiger partial charge in [0.05, 0.1) is 6.04 Å². The van der Waals surface area contributed by atoms with E-state index < -0.39 is 5.72 Å². The summed E-state index contributed by atoms with van der Waals surface area (Å²) >= 11 is 0. The van der Waals surface area contributed by atoms with Crippen LogP contribution in [0.4, 0.5) is 0 Å². The molecule has 1 atom stereocenters. The fourth-order valence-corrected chi connectivity index (χ4v) is 2.52. The largest absolute Gasteiger partial charge is 0.356 e. The molecule has 0 saturated heterocycles.